The molecule has 2 rings (SSSR count). The van der Waals surface area contributed by atoms with Crippen LogP contribution in [0.4, 0.5) is 0 Å². The van der Waals surface area contributed by atoms with Crippen LogP contribution in [0.2, 0.25) is 0 Å². The molecule has 144 valence electrons. The zero-order valence-electron chi connectivity index (χ0n) is 16.0. The van der Waals surface area contributed by atoms with Crippen LogP contribution < -0.4 is 5.32 Å². The third kappa shape index (κ3) is 7.00. The van der Waals surface area contributed by atoms with E-state index in [0.717, 1.165) is 56.9 Å². The van der Waals surface area contributed by atoms with Crippen LogP contribution in [0, 0.1) is 0 Å². The van der Waals surface area contributed by atoms with Crippen molar-refractivity contribution in [1.29, 1.82) is 0 Å². The van der Waals surface area contributed by atoms with Gasteiger partial charge in [0, 0.05) is 19.3 Å². The standard InChI is InChI=1S/C22H33NO3/c1-2-3-8-19(24)9-6-4-5-7-17-10-12-18(13-11-17)16-21(26)22-20(25)14-15-23-22/h10-13,20,22-23,25H,2-9,14-16H2,1H3/t20-,22-/m0/s1. The molecular formula is C22H33NO3. The first kappa shape index (κ1) is 20.8. The van der Waals surface area contributed by atoms with E-state index in [9.17, 15) is 14.7 Å². The summed E-state index contributed by atoms with van der Waals surface area (Å²) in [6.07, 6.45) is 8.23. The molecule has 2 N–H and O–H groups in total. The molecular weight excluding hydrogens is 326 g/mol. The molecule has 1 aromatic carbocycles. The first-order chi connectivity index (χ1) is 12.6. The molecule has 26 heavy (non-hydrogen) atoms. The summed E-state index contributed by atoms with van der Waals surface area (Å²) in [6.45, 7) is 2.82. The zero-order valence-corrected chi connectivity index (χ0v) is 16.0. The molecule has 0 bridgehead atoms. The molecule has 0 amide bonds. The van der Waals surface area contributed by atoms with Gasteiger partial charge in [0.1, 0.15) is 5.78 Å². The number of carbonyl (C=O) groups is 2. The highest BCUT2D eigenvalue weighted by molar-refractivity contribution is 5.87. The van der Waals surface area contributed by atoms with Gasteiger partial charge >= 0.3 is 0 Å². The smallest absolute Gasteiger partial charge is 0.156 e. The largest absolute Gasteiger partial charge is 0.391 e. The summed E-state index contributed by atoms with van der Waals surface area (Å²) >= 11 is 0. The molecule has 0 aliphatic carbocycles. The lowest BCUT2D eigenvalue weighted by molar-refractivity contribution is -0.122. The number of aliphatic hydroxyl groups is 1. The SMILES string of the molecule is CCCCC(=O)CCCCCc1ccc(CC(=O)[C@H]2NCC[C@@H]2O)cc1. The molecule has 4 nitrogen and oxygen atoms in total. The second kappa shape index (κ2) is 11.2. The van der Waals surface area contributed by atoms with E-state index in [4.69, 9.17) is 0 Å². The van der Waals surface area contributed by atoms with E-state index in [1.54, 1.807) is 0 Å². The summed E-state index contributed by atoms with van der Waals surface area (Å²) in [5.74, 6) is 0.471. The highest BCUT2D eigenvalue weighted by atomic mass is 16.3. The van der Waals surface area contributed by atoms with Crippen LogP contribution in [-0.2, 0) is 22.4 Å². The third-order valence-corrected chi connectivity index (χ3v) is 5.17. The number of benzene rings is 1. The van der Waals surface area contributed by atoms with E-state index < -0.39 is 12.1 Å². The van der Waals surface area contributed by atoms with E-state index in [2.05, 4.69) is 24.4 Å². The Morgan fingerprint density at radius 3 is 2.38 bits per heavy atom. The molecule has 1 heterocycles. The Morgan fingerprint density at radius 2 is 1.73 bits per heavy atom. The van der Waals surface area contributed by atoms with Crippen LogP contribution in [0.15, 0.2) is 24.3 Å². The van der Waals surface area contributed by atoms with Crippen LogP contribution in [0.1, 0.15) is 69.4 Å². The third-order valence-electron chi connectivity index (χ3n) is 5.17. The van der Waals surface area contributed by atoms with Gasteiger partial charge in [-0.3, -0.25) is 9.59 Å². The van der Waals surface area contributed by atoms with Crippen molar-refractivity contribution in [1.82, 2.24) is 5.32 Å². The van der Waals surface area contributed by atoms with Crippen LogP contribution in [-0.4, -0.2) is 35.4 Å². The molecule has 0 aromatic heterocycles. The van der Waals surface area contributed by atoms with Crippen molar-refractivity contribution in [3.05, 3.63) is 35.4 Å². The van der Waals surface area contributed by atoms with Gasteiger partial charge in [-0.05, 0) is 49.8 Å². The van der Waals surface area contributed by atoms with Crippen molar-refractivity contribution in [2.75, 3.05) is 6.54 Å². The topological polar surface area (TPSA) is 66.4 Å². The lowest BCUT2D eigenvalue weighted by Gasteiger charge is -2.13. The minimum Gasteiger partial charge on any atom is -0.391 e. The minimum atomic E-state index is -0.546. The quantitative estimate of drug-likeness (QED) is 0.562. The Labute approximate surface area is 157 Å². The zero-order chi connectivity index (χ0) is 18.8. The Balaban J connectivity index is 1.64. The van der Waals surface area contributed by atoms with E-state index in [1.807, 2.05) is 12.1 Å². The van der Waals surface area contributed by atoms with Gasteiger partial charge in [0.25, 0.3) is 0 Å². The van der Waals surface area contributed by atoms with Gasteiger partial charge in [-0.15, -0.1) is 0 Å². The van der Waals surface area contributed by atoms with E-state index in [-0.39, 0.29) is 5.78 Å². The van der Waals surface area contributed by atoms with Crippen molar-refractivity contribution in [2.45, 2.75) is 83.3 Å². The van der Waals surface area contributed by atoms with Gasteiger partial charge in [-0.1, -0.05) is 44.0 Å². The predicted molar refractivity (Wildman–Crippen MR) is 104 cm³/mol. The number of aryl methyl sites for hydroxylation is 1. The maximum absolute atomic E-state index is 12.2. The first-order valence-electron chi connectivity index (χ1n) is 10.1. The van der Waals surface area contributed by atoms with Gasteiger partial charge in [-0.25, -0.2) is 0 Å². The monoisotopic (exact) mass is 359 g/mol. The van der Waals surface area contributed by atoms with Crippen molar-refractivity contribution in [3.63, 3.8) is 0 Å². The Bertz CT molecular complexity index is 567. The molecule has 1 aliphatic rings. The molecule has 1 aliphatic heterocycles. The number of aliphatic hydroxyl groups excluding tert-OH is 1. The Hall–Kier alpha value is -1.52. The average molecular weight is 360 g/mol. The number of nitrogens with one attached hydrogen (secondary N) is 1. The van der Waals surface area contributed by atoms with Crippen molar-refractivity contribution >= 4 is 11.6 Å². The lowest BCUT2D eigenvalue weighted by atomic mass is 9.98. The van der Waals surface area contributed by atoms with Crippen LogP contribution in [0.25, 0.3) is 0 Å². The number of ketones is 2. The number of unbranched alkanes of at least 4 members (excludes halogenated alkanes) is 3. The lowest BCUT2D eigenvalue weighted by Crippen LogP contribution is -2.39. The molecule has 0 spiro atoms. The normalized spacial score (nSPS) is 19.6. The molecule has 1 aromatic rings. The minimum absolute atomic E-state index is 0.0653. The number of hydrogen-bond acceptors (Lipinski definition) is 4. The van der Waals surface area contributed by atoms with E-state index in [1.165, 1.54) is 5.56 Å². The maximum atomic E-state index is 12.2. The molecule has 0 radical (unpaired) electrons. The molecule has 0 saturated carbocycles. The van der Waals surface area contributed by atoms with Gasteiger partial charge in [0.05, 0.1) is 12.1 Å². The number of Topliss-reactive ketones (excluding diaryl/α,β-unsaturated/α-hetero) is 2. The molecule has 4 heteroatoms. The summed E-state index contributed by atoms with van der Waals surface area (Å²) in [4.78, 5) is 23.9. The van der Waals surface area contributed by atoms with Crippen molar-refractivity contribution in [3.8, 4) is 0 Å². The van der Waals surface area contributed by atoms with Crippen LogP contribution in [0.5, 0.6) is 0 Å². The number of rotatable bonds is 12. The number of carbonyl (C=O) groups excluding carboxylic acids is 2. The van der Waals surface area contributed by atoms with Crippen molar-refractivity contribution in [2.24, 2.45) is 0 Å². The predicted octanol–water partition coefficient (Wildman–Crippen LogP) is 3.38. The van der Waals surface area contributed by atoms with Crippen LogP contribution in [0.3, 0.4) is 0 Å². The first-order valence-corrected chi connectivity index (χ1v) is 10.1. The summed E-state index contributed by atoms with van der Waals surface area (Å²) in [7, 11) is 0. The fourth-order valence-corrected chi connectivity index (χ4v) is 3.48. The summed E-state index contributed by atoms with van der Waals surface area (Å²) < 4.78 is 0. The summed E-state index contributed by atoms with van der Waals surface area (Å²) in [6, 6.07) is 7.81. The second-order valence-corrected chi connectivity index (χ2v) is 7.45. The Kier molecular flexibility index (Phi) is 8.99. The van der Waals surface area contributed by atoms with Gasteiger partial charge in [-0.2, -0.15) is 0 Å². The average Bonchev–Trinajstić information content (AvgIpc) is 3.07. The molecule has 2 atom stereocenters. The van der Waals surface area contributed by atoms with Gasteiger partial charge < -0.3 is 10.4 Å². The Morgan fingerprint density at radius 1 is 1.04 bits per heavy atom. The maximum Gasteiger partial charge on any atom is 0.156 e. The van der Waals surface area contributed by atoms with Crippen molar-refractivity contribution < 1.29 is 14.7 Å². The molecule has 0 unspecified atom stereocenters. The van der Waals surface area contributed by atoms with Crippen LogP contribution >= 0.6 is 0 Å². The fourth-order valence-electron chi connectivity index (χ4n) is 3.48. The van der Waals surface area contributed by atoms with Gasteiger partial charge in [0.2, 0.25) is 0 Å². The molecule has 1 fully saturated rings. The fraction of sp³-hybridized carbons (Fsp3) is 0.636. The van der Waals surface area contributed by atoms with E-state index >= 15 is 0 Å². The summed E-state index contributed by atoms with van der Waals surface area (Å²) in [5.41, 5.74) is 2.28. The highest BCUT2D eigenvalue weighted by Crippen LogP contribution is 2.14. The summed E-state index contributed by atoms with van der Waals surface area (Å²) in [5, 5.41) is 12.9. The molecule has 1 saturated heterocycles. The van der Waals surface area contributed by atoms with E-state index in [0.29, 0.717) is 25.2 Å². The highest BCUT2D eigenvalue weighted by Gasteiger charge is 2.30. The second-order valence-electron chi connectivity index (χ2n) is 7.45. The number of hydrogen-bond donors (Lipinski definition) is 2. The van der Waals surface area contributed by atoms with Gasteiger partial charge in [0.15, 0.2) is 5.78 Å².